The molecule has 0 radical (unpaired) electrons. The van der Waals surface area contributed by atoms with Crippen LogP contribution in [-0.4, -0.2) is 57.4 Å². The van der Waals surface area contributed by atoms with Gasteiger partial charge in [-0.15, -0.1) is 11.8 Å². The summed E-state index contributed by atoms with van der Waals surface area (Å²) in [6, 6.07) is 4.53. The highest BCUT2D eigenvalue weighted by Gasteiger charge is 2.47. The van der Waals surface area contributed by atoms with E-state index in [1.54, 1.807) is 12.1 Å². The van der Waals surface area contributed by atoms with Crippen molar-refractivity contribution in [1.29, 1.82) is 0 Å². The maximum absolute atomic E-state index is 13.5. The van der Waals surface area contributed by atoms with Gasteiger partial charge in [0, 0.05) is 50.5 Å². The van der Waals surface area contributed by atoms with Gasteiger partial charge < -0.3 is 18.9 Å². The maximum Gasteiger partial charge on any atom is 0.303 e. The summed E-state index contributed by atoms with van der Waals surface area (Å²) in [6.45, 7) is 3.65. The second-order valence-electron chi connectivity index (χ2n) is 6.89. The van der Waals surface area contributed by atoms with Crippen LogP contribution < -0.4 is 4.74 Å². The molecule has 3 rings (SSSR count). The molecule has 0 amide bonds. The van der Waals surface area contributed by atoms with Crippen molar-refractivity contribution in [3.05, 3.63) is 42.7 Å². The molecular weight excluding hydrogens is 443 g/mol. The van der Waals surface area contributed by atoms with Gasteiger partial charge in [-0.25, -0.2) is 4.98 Å². The SMILES string of the molecule is CC(=O)O[C@@H]1[C@@H](OC(C)=O)[C@H](OC(C)=O)CS[C@H]1Oc1cncc(-c2ccnc(F)c2)c1. The predicted octanol–water partition coefficient (Wildman–Crippen LogP) is 2.53. The zero-order chi connectivity index (χ0) is 23.3. The first-order valence-electron chi connectivity index (χ1n) is 9.60. The molecule has 1 aliphatic heterocycles. The summed E-state index contributed by atoms with van der Waals surface area (Å²) < 4.78 is 35.5. The molecule has 3 heterocycles. The predicted molar refractivity (Wildman–Crippen MR) is 111 cm³/mol. The van der Waals surface area contributed by atoms with Gasteiger partial charge >= 0.3 is 17.9 Å². The molecule has 0 unspecified atom stereocenters. The van der Waals surface area contributed by atoms with Gasteiger partial charge in [0.1, 0.15) is 5.75 Å². The van der Waals surface area contributed by atoms with E-state index in [-0.39, 0.29) is 5.75 Å². The van der Waals surface area contributed by atoms with Gasteiger partial charge in [-0.2, -0.15) is 4.39 Å². The summed E-state index contributed by atoms with van der Waals surface area (Å²) >= 11 is 1.23. The van der Waals surface area contributed by atoms with Crippen molar-refractivity contribution < 1.29 is 37.7 Å². The number of esters is 3. The number of halogens is 1. The van der Waals surface area contributed by atoms with Crippen LogP contribution in [0.1, 0.15) is 20.8 Å². The van der Waals surface area contributed by atoms with E-state index >= 15 is 0 Å². The molecule has 0 spiro atoms. The van der Waals surface area contributed by atoms with E-state index in [1.807, 2.05) is 0 Å². The van der Waals surface area contributed by atoms with Gasteiger partial charge in [-0.1, -0.05) is 0 Å². The van der Waals surface area contributed by atoms with E-state index in [0.717, 1.165) is 0 Å². The third kappa shape index (κ3) is 6.16. The van der Waals surface area contributed by atoms with E-state index < -0.39 is 47.6 Å². The van der Waals surface area contributed by atoms with E-state index in [2.05, 4.69) is 9.97 Å². The average molecular weight is 464 g/mol. The first-order valence-corrected chi connectivity index (χ1v) is 10.6. The zero-order valence-electron chi connectivity index (χ0n) is 17.5. The van der Waals surface area contributed by atoms with Crippen molar-refractivity contribution in [2.45, 2.75) is 44.5 Å². The Labute approximate surface area is 187 Å². The Balaban J connectivity index is 1.87. The van der Waals surface area contributed by atoms with Crippen LogP contribution in [0.5, 0.6) is 5.75 Å². The normalized spacial score (nSPS) is 22.5. The van der Waals surface area contributed by atoms with Gasteiger partial charge in [0.2, 0.25) is 5.95 Å². The monoisotopic (exact) mass is 464 g/mol. The van der Waals surface area contributed by atoms with Gasteiger partial charge in [-0.05, 0) is 17.7 Å². The molecule has 170 valence electrons. The number of carbonyl (C=O) groups is 3. The van der Waals surface area contributed by atoms with Crippen molar-refractivity contribution in [2.24, 2.45) is 0 Å². The molecular formula is C21H21FN2O7S. The Morgan fingerprint density at radius 3 is 2.31 bits per heavy atom. The molecule has 0 bridgehead atoms. The number of aromatic nitrogens is 2. The number of rotatable bonds is 6. The summed E-state index contributed by atoms with van der Waals surface area (Å²) in [7, 11) is 0. The maximum atomic E-state index is 13.5. The molecule has 0 aromatic carbocycles. The third-order valence-electron chi connectivity index (χ3n) is 4.33. The molecule has 0 saturated carbocycles. The van der Waals surface area contributed by atoms with E-state index in [4.69, 9.17) is 18.9 Å². The van der Waals surface area contributed by atoms with Crippen LogP contribution >= 0.6 is 11.8 Å². The van der Waals surface area contributed by atoms with E-state index in [1.165, 1.54) is 57.2 Å². The highest BCUT2D eigenvalue weighted by molar-refractivity contribution is 7.99. The van der Waals surface area contributed by atoms with Crippen molar-refractivity contribution in [1.82, 2.24) is 9.97 Å². The van der Waals surface area contributed by atoms with Crippen LogP contribution in [0.15, 0.2) is 36.8 Å². The number of hydrogen-bond acceptors (Lipinski definition) is 10. The van der Waals surface area contributed by atoms with Crippen LogP contribution in [0.3, 0.4) is 0 Å². The lowest BCUT2D eigenvalue weighted by atomic mass is 10.1. The summed E-state index contributed by atoms with van der Waals surface area (Å²) in [6.07, 6.45) is 1.39. The lowest BCUT2D eigenvalue weighted by molar-refractivity contribution is -0.186. The standard InChI is InChI=1S/C21H21FN2O7S/c1-11(25)28-17-10-32-21(20(30-13(3)27)19(17)29-12(2)26)31-16-6-15(8-23-9-16)14-4-5-24-18(22)7-14/h4-9,17,19-21H,10H2,1-3H3/t17-,19+,20-,21-/m1/s1. The first kappa shape index (κ1) is 23.5. The van der Waals surface area contributed by atoms with Crippen LogP contribution in [-0.2, 0) is 28.6 Å². The molecule has 1 fully saturated rings. The van der Waals surface area contributed by atoms with Crippen molar-refractivity contribution in [3.8, 4) is 16.9 Å². The smallest absolute Gasteiger partial charge is 0.303 e. The molecule has 9 nitrogen and oxygen atoms in total. The van der Waals surface area contributed by atoms with E-state index in [0.29, 0.717) is 16.9 Å². The topological polar surface area (TPSA) is 114 Å². The van der Waals surface area contributed by atoms with Gasteiger partial charge in [-0.3, -0.25) is 19.4 Å². The third-order valence-corrected chi connectivity index (χ3v) is 5.54. The largest absolute Gasteiger partial charge is 0.474 e. The second-order valence-corrected chi connectivity index (χ2v) is 8.02. The Bertz CT molecular complexity index is 1010. The fraction of sp³-hybridized carbons (Fsp3) is 0.381. The molecule has 1 saturated heterocycles. The Kier molecular flexibility index (Phi) is 7.62. The Morgan fingerprint density at radius 1 is 0.969 bits per heavy atom. The number of hydrogen-bond donors (Lipinski definition) is 0. The van der Waals surface area contributed by atoms with Crippen molar-refractivity contribution in [2.75, 3.05) is 5.75 Å². The molecule has 1 aliphatic rings. The fourth-order valence-electron chi connectivity index (χ4n) is 3.17. The number of carbonyl (C=O) groups excluding carboxylic acids is 3. The highest BCUT2D eigenvalue weighted by atomic mass is 32.2. The molecule has 4 atom stereocenters. The summed E-state index contributed by atoms with van der Waals surface area (Å²) in [4.78, 5) is 42.6. The van der Waals surface area contributed by atoms with Gasteiger partial charge in [0.15, 0.2) is 23.7 Å². The van der Waals surface area contributed by atoms with Crippen LogP contribution in [0.4, 0.5) is 4.39 Å². The molecule has 2 aromatic rings. The minimum absolute atomic E-state index is 0.239. The van der Waals surface area contributed by atoms with Gasteiger partial charge in [0.05, 0.1) is 6.20 Å². The number of ether oxygens (including phenoxy) is 4. The minimum Gasteiger partial charge on any atom is -0.474 e. The summed E-state index contributed by atoms with van der Waals surface area (Å²) in [5.74, 6) is -1.88. The minimum atomic E-state index is -1.06. The molecule has 0 N–H and O–H groups in total. The fourth-order valence-corrected chi connectivity index (χ4v) is 4.38. The second kappa shape index (κ2) is 10.4. The number of thioether (sulfide) groups is 1. The van der Waals surface area contributed by atoms with Crippen LogP contribution in [0.25, 0.3) is 11.1 Å². The van der Waals surface area contributed by atoms with E-state index in [9.17, 15) is 18.8 Å². The first-order chi connectivity index (χ1) is 15.2. The number of nitrogens with zero attached hydrogens (tertiary/aromatic N) is 2. The lowest BCUT2D eigenvalue weighted by Gasteiger charge is -2.39. The average Bonchev–Trinajstić information content (AvgIpc) is 2.71. The Hall–Kier alpha value is -3.21. The van der Waals surface area contributed by atoms with Crippen LogP contribution in [0, 0.1) is 5.95 Å². The summed E-state index contributed by atoms with van der Waals surface area (Å²) in [5.41, 5.74) is 0.347. The highest BCUT2D eigenvalue weighted by Crippen LogP contribution is 2.35. The van der Waals surface area contributed by atoms with Crippen LogP contribution in [0.2, 0.25) is 0 Å². The molecule has 32 heavy (non-hydrogen) atoms. The summed E-state index contributed by atoms with van der Waals surface area (Å²) in [5, 5.41) is 0. The van der Waals surface area contributed by atoms with Crippen molar-refractivity contribution in [3.63, 3.8) is 0 Å². The van der Waals surface area contributed by atoms with Gasteiger partial charge in [0.25, 0.3) is 0 Å². The Morgan fingerprint density at radius 2 is 1.66 bits per heavy atom. The molecule has 2 aromatic heterocycles. The lowest BCUT2D eigenvalue weighted by Crippen LogP contribution is -2.55. The molecule has 0 aliphatic carbocycles. The molecule has 11 heteroatoms. The number of pyridine rings is 2. The zero-order valence-corrected chi connectivity index (χ0v) is 18.3. The van der Waals surface area contributed by atoms with Crippen molar-refractivity contribution >= 4 is 29.7 Å². The quantitative estimate of drug-likeness (QED) is 0.359.